The normalized spacial score (nSPS) is 12.7. The third kappa shape index (κ3) is 4.43. The van der Waals surface area contributed by atoms with E-state index in [2.05, 4.69) is 10.2 Å². The standard InChI is InChI=1S/C20H15N3O7/c24-19(8-2-13-1-7-16-17(11-13)28-10-9-27-16)29-12-18-21-22-20(30-18)14-3-5-15(6-4-14)23(25)26/h1-8,11H,9-10,12H2/b8-2+. The molecule has 1 aromatic heterocycles. The van der Waals surface area contributed by atoms with E-state index in [9.17, 15) is 14.9 Å². The van der Waals surface area contributed by atoms with Crippen LogP contribution in [0.5, 0.6) is 11.5 Å². The Morgan fingerprint density at radius 1 is 1.10 bits per heavy atom. The molecule has 0 saturated heterocycles. The van der Waals surface area contributed by atoms with Crippen LogP contribution in [0.25, 0.3) is 17.5 Å². The van der Waals surface area contributed by atoms with Crippen molar-refractivity contribution in [3.63, 3.8) is 0 Å². The topological polar surface area (TPSA) is 127 Å². The number of hydrogen-bond donors (Lipinski definition) is 0. The second kappa shape index (κ2) is 8.43. The molecule has 0 fully saturated rings. The summed E-state index contributed by atoms with van der Waals surface area (Å²) in [5.41, 5.74) is 1.23. The summed E-state index contributed by atoms with van der Waals surface area (Å²) in [6, 6.07) is 11.0. The van der Waals surface area contributed by atoms with Gasteiger partial charge in [-0.2, -0.15) is 0 Å². The first kappa shape index (κ1) is 19.1. The van der Waals surface area contributed by atoms with Crippen molar-refractivity contribution in [3.05, 3.63) is 70.1 Å². The predicted octanol–water partition coefficient (Wildman–Crippen LogP) is 3.17. The number of benzene rings is 2. The van der Waals surface area contributed by atoms with Gasteiger partial charge in [-0.05, 0) is 35.9 Å². The second-order valence-corrected chi connectivity index (χ2v) is 6.15. The fourth-order valence-corrected chi connectivity index (χ4v) is 2.66. The SMILES string of the molecule is O=C(/C=C/c1ccc2c(c1)OCCO2)OCc1nnc(-c2ccc([N+](=O)[O-])cc2)o1. The molecule has 30 heavy (non-hydrogen) atoms. The molecule has 0 saturated carbocycles. The van der Waals surface area contributed by atoms with Gasteiger partial charge in [-0.25, -0.2) is 4.79 Å². The Balaban J connectivity index is 1.33. The van der Waals surface area contributed by atoms with Gasteiger partial charge < -0.3 is 18.6 Å². The number of carbonyl (C=O) groups is 1. The summed E-state index contributed by atoms with van der Waals surface area (Å²) in [4.78, 5) is 22.1. The third-order valence-corrected chi connectivity index (χ3v) is 4.11. The maximum Gasteiger partial charge on any atom is 0.331 e. The molecule has 152 valence electrons. The Kier molecular flexibility index (Phi) is 5.37. The number of nitro benzene ring substituents is 1. The molecule has 1 aliphatic rings. The quantitative estimate of drug-likeness (QED) is 0.261. The van der Waals surface area contributed by atoms with Gasteiger partial charge in [0.05, 0.1) is 4.92 Å². The van der Waals surface area contributed by atoms with Gasteiger partial charge in [0.1, 0.15) is 13.2 Å². The van der Waals surface area contributed by atoms with Crippen LogP contribution < -0.4 is 9.47 Å². The van der Waals surface area contributed by atoms with Gasteiger partial charge in [0.2, 0.25) is 5.89 Å². The number of rotatable bonds is 6. The Labute approximate surface area is 169 Å². The molecule has 0 unspecified atom stereocenters. The fourth-order valence-electron chi connectivity index (χ4n) is 2.66. The average molecular weight is 409 g/mol. The average Bonchev–Trinajstić information content (AvgIpc) is 3.25. The van der Waals surface area contributed by atoms with Gasteiger partial charge in [-0.3, -0.25) is 10.1 Å². The maximum absolute atomic E-state index is 11.9. The molecule has 10 heteroatoms. The Morgan fingerprint density at radius 3 is 2.63 bits per heavy atom. The number of nitro groups is 1. The summed E-state index contributed by atoms with van der Waals surface area (Å²) in [5, 5.41) is 18.4. The van der Waals surface area contributed by atoms with Crippen molar-refractivity contribution in [2.45, 2.75) is 6.61 Å². The zero-order chi connectivity index (χ0) is 20.9. The van der Waals surface area contributed by atoms with Crippen molar-refractivity contribution in [2.24, 2.45) is 0 Å². The minimum atomic E-state index is -0.583. The highest BCUT2D eigenvalue weighted by atomic mass is 16.6. The number of nitrogens with zero attached hydrogens (tertiary/aromatic N) is 3. The summed E-state index contributed by atoms with van der Waals surface area (Å²) < 4.78 is 21.5. The number of carbonyl (C=O) groups excluding carboxylic acids is 1. The number of non-ortho nitro benzene ring substituents is 1. The number of ether oxygens (including phenoxy) is 3. The molecule has 2 aromatic carbocycles. The van der Waals surface area contributed by atoms with Crippen molar-refractivity contribution >= 4 is 17.7 Å². The highest BCUT2D eigenvalue weighted by Gasteiger charge is 2.13. The summed E-state index contributed by atoms with van der Waals surface area (Å²) in [6.07, 6.45) is 2.87. The lowest BCUT2D eigenvalue weighted by atomic mass is 10.2. The molecule has 0 N–H and O–H groups in total. The van der Waals surface area contributed by atoms with Gasteiger partial charge in [0.25, 0.3) is 11.6 Å². The van der Waals surface area contributed by atoms with E-state index in [0.717, 1.165) is 5.56 Å². The van der Waals surface area contributed by atoms with Crippen LogP contribution in [-0.4, -0.2) is 34.3 Å². The van der Waals surface area contributed by atoms with E-state index in [1.165, 1.54) is 30.3 Å². The zero-order valence-electron chi connectivity index (χ0n) is 15.5. The maximum atomic E-state index is 11.9. The molecular formula is C20H15N3O7. The largest absolute Gasteiger partial charge is 0.486 e. The van der Waals surface area contributed by atoms with Crippen LogP contribution in [-0.2, 0) is 16.1 Å². The van der Waals surface area contributed by atoms with Crippen LogP contribution in [0.2, 0.25) is 0 Å². The van der Waals surface area contributed by atoms with Gasteiger partial charge in [0.15, 0.2) is 18.1 Å². The van der Waals surface area contributed by atoms with Crippen LogP contribution >= 0.6 is 0 Å². The van der Waals surface area contributed by atoms with E-state index in [-0.39, 0.29) is 24.1 Å². The first-order valence-corrected chi connectivity index (χ1v) is 8.90. The molecule has 0 aliphatic carbocycles. The molecule has 2 heterocycles. The molecule has 0 spiro atoms. The van der Waals surface area contributed by atoms with Crippen molar-refractivity contribution in [3.8, 4) is 23.0 Å². The van der Waals surface area contributed by atoms with Crippen LogP contribution in [0, 0.1) is 10.1 Å². The lowest BCUT2D eigenvalue weighted by molar-refractivity contribution is -0.384. The van der Waals surface area contributed by atoms with Gasteiger partial charge in [-0.1, -0.05) is 6.07 Å². The van der Waals surface area contributed by atoms with Crippen LogP contribution in [0.1, 0.15) is 11.5 Å². The van der Waals surface area contributed by atoms with Crippen LogP contribution in [0.4, 0.5) is 5.69 Å². The second-order valence-electron chi connectivity index (χ2n) is 6.15. The lowest BCUT2D eigenvalue weighted by Gasteiger charge is -2.18. The third-order valence-electron chi connectivity index (χ3n) is 4.11. The van der Waals surface area contributed by atoms with E-state index < -0.39 is 10.9 Å². The van der Waals surface area contributed by atoms with Gasteiger partial charge in [-0.15, -0.1) is 10.2 Å². The van der Waals surface area contributed by atoms with E-state index >= 15 is 0 Å². The van der Waals surface area contributed by atoms with Crippen molar-refractivity contribution < 1.29 is 28.3 Å². The van der Waals surface area contributed by atoms with E-state index in [4.69, 9.17) is 18.6 Å². The number of aromatic nitrogens is 2. The number of esters is 1. The van der Waals surface area contributed by atoms with Crippen molar-refractivity contribution in [1.82, 2.24) is 10.2 Å². The van der Waals surface area contributed by atoms with E-state index in [0.29, 0.717) is 30.3 Å². The molecule has 10 nitrogen and oxygen atoms in total. The smallest absolute Gasteiger partial charge is 0.331 e. The van der Waals surface area contributed by atoms with Crippen molar-refractivity contribution in [1.29, 1.82) is 0 Å². The van der Waals surface area contributed by atoms with Gasteiger partial charge in [0, 0.05) is 23.8 Å². The number of fused-ring (bicyclic) bond motifs is 1. The Bertz CT molecular complexity index is 1110. The monoisotopic (exact) mass is 409 g/mol. The molecule has 0 bridgehead atoms. The first-order valence-electron chi connectivity index (χ1n) is 8.90. The molecule has 3 aromatic rings. The Morgan fingerprint density at radius 2 is 1.87 bits per heavy atom. The molecule has 0 radical (unpaired) electrons. The van der Waals surface area contributed by atoms with Crippen LogP contribution in [0.15, 0.2) is 53.0 Å². The van der Waals surface area contributed by atoms with E-state index in [1.54, 1.807) is 24.3 Å². The van der Waals surface area contributed by atoms with Crippen molar-refractivity contribution in [2.75, 3.05) is 13.2 Å². The minimum absolute atomic E-state index is 0.0442. The highest BCUT2D eigenvalue weighted by Crippen LogP contribution is 2.31. The summed E-state index contributed by atoms with van der Waals surface area (Å²) in [5.74, 6) is 0.981. The molecule has 0 atom stereocenters. The molecule has 1 aliphatic heterocycles. The number of hydrogen-bond acceptors (Lipinski definition) is 9. The highest BCUT2D eigenvalue weighted by molar-refractivity contribution is 5.87. The molecule has 0 amide bonds. The van der Waals surface area contributed by atoms with E-state index in [1.807, 2.05) is 0 Å². The van der Waals surface area contributed by atoms with Gasteiger partial charge >= 0.3 is 5.97 Å². The summed E-state index contributed by atoms with van der Waals surface area (Å²) in [7, 11) is 0. The van der Waals surface area contributed by atoms with Crippen LogP contribution in [0.3, 0.4) is 0 Å². The first-order chi connectivity index (χ1) is 14.6. The Hall–Kier alpha value is -4.21. The summed E-state index contributed by atoms with van der Waals surface area (Å²) in [6.45, 7) is 0.786. The predicted molar refractivity (Wildman–Crippen MR) is 103 cm³/mol. The minimum Gasteiger partial charge on any atom is -0.486 e. The lowest BCUT2D eigenvalue weighted by Crippen LogP contribution is -2.15. The molecule has 4 rings (SSSR count). The summed E-state index contributed by atoms with van der Waals surface area (Å²) >= 11 is 0. The zero-order valence-corrected chi connectivity index (χ0v) is 15.5. The molecular weight excluding hydrogens is 394 g/mol. The fraction of sp³-hybridized carbons (Fsp3) is 0.150.